The predicted molar refractivity (Wildman–Crippen MR) is 87.9 cm³/mol. The average molecular weight is 296 g/mol. The number of ether oxygens (including phenoxy) is 1. The Morgan fingerprint density at radius 3 is 2.55 bits per heavy atom. The van der Waals surface area contributed by atoms with Gasteiger partial charge < -0.3 is 15.4 Å². The van der Waals surface area contributed by atoms with Gasteiger partial charge in [0.2, 0.25) is 0 Å². The van der Waals surface area contributed by atoms with Gasteiger partial charge in [0.25, 0.3) is 0 Å². The maximum absolute atomic E-state index is 12.4. The van der Waals surface area contributed by atoms with E-state index in [0.717, 1.165) is 30.6 Å². The lowest BCUT2D eigenvalue weighted by Gasteiger charge is -2.42. The molecule has 1 heterocycles. The summed E-state index contributed by atoms with van der Waals surface area (Å²) >= 11 is 0. The van der Waals surface area contributed by atoms with Gasteiger partial charge in [0.1, 0.15) is 5.66 Å². The number of carbonyl (C=O) groups excluding carboxylic acids is 1. The van der Waals surface area contributed by atoms with Crippen LogP contribution in [0.25, 0.3) is 10.8 Å². The van der Waals surface area contributed by atoms with Gasteiger partial charge in [0.05, 0.1) is 12.5 Å². The van der Waals surface area contributed by atoms with E-state index >= 15 is 0 Å². The molecule has 0 bridgehead atoms. The van der Waals surface area contributed by atoms with Crippen molar-refractivity contribution in [3.8, 4) is 0 Å². The van der Waals surface area contributed by atoms with E-state index in [1.54, 1.807) is 0 Å². The molecule has 2 N–H and O–H groups in total. The molecule has 0 unspecified atom stereocenters. The first-order valence-corrected chi connectivity index (χ1v) is 7.98. The van der Waals surface area contributed by atoms with Crippen LogP contribution in [0.2, 0.25) is 0 Å². The molecule has 4 heteroatoms. The second-order valence-corrected chi connectivity index (χ2v) is 6.13. The number of anilines is 2. The Bertz CT molecular complexity index is 700. The normalized spacial score (nSPS) is 21.4. The maximum atomic E-state index is 12.4. The molecule has 0 saturated heterocycles. The monoisotopic (exact) mass is 296 g/mol. The van der Waals surface area contributed by atoms with Crippen molar-refractivity contribution in [1.82, 2.24) is 0 Å². The molecule has 22 heavy (non-hydrogen) atoms. The molecule has 1 spiro atoms. The smallest absolute Gasteiger partial charge is 0.313 e. The van der Waals surface area contributed by atoms with E-state index in [1.165, 1.54) is 10.8 Å². The van der Waals surface area contributed by atoms with Gasteiger partial charge in [-0.3, -0.25) is 4.79 Å². The van der Waals surface area contributed by atoms with E-state index in [2.05, 4.69) is 47.0 Å². The van der Waals surface area contributed by atoms with Crippen molar-refractivity contribution >= 4 is 28.1 Å². The predicted octanol–water partition coefficient (Wildman–Crippen LogP) is 3.74. The van der Waals surface area contributed by atoms with Gasteiger partial charge in [-0.25, -0.2) is 0 Å². The number of hydrogen-bond acceptors (Lipinski definition) is 4. The number of benzene rings is 2. The Morgan fingerprint density at radius 1 is 1.23 bits per heavy atom. The molecule has 2 aromatic carbocycles. The Kier molecular flexibility index (Phi) is 2.99. The summed E-state index contributed by atoms with van der Waals surface area (Å²) < 4.78 is 5.30. The lowest BCUT2D eigenvalue weighted by atomic mass is 9.91. The van der Waals surface area contributed by atoms with Crippen molar-refractivity contribution in [2.45, 2.75) is 31.8 Å². The van der Waals surface area contributed by atoms with Crippen LogP contribution in [0.5, 0.6) is 0 Å². The topological polar surface area (TPSA) is 50.4 Å². The van der Waals surface area contributed by atoms with Crippen LogP contribution in [-0.2, 0) is 9.53 Å². The summed E-state index contributed by atoms with van der Waals surface area (Å²) in [5.74, 6) is -0.261. The van der Waals surface area contributed by atoms with E-state index in [0.29, 0.717) is 6.61 Å². The van der Waals surface area contributed by atoms with Crippen molar-refractivity contribution in [2.24, 2.45) is 5.92 Å². The molecular formula is C18H20N2O2. The lowest BCUT2D eigenvalue weighted by molar-refractivity contribution is -0.149. The fraction of sp³-hybridized carbons (Fsp3) is 0.389. The summed E-state index contributed by atoms with van der Waals surface area (Å²) in [7, 11) is 0. The van der Waals surface area contributed by atoms with Crippen LogP contribution in [0.1, 0.15) is 26.2 Å². The summed E-state index contributed by atoms with van der Waals surface area (Å²) in [4.78, 5) is 12.4. The molecule has 4 rings (SSSR count). The maximum Gasteiger partial charge on any atom is 0.313 e. The second kappa shape index (κ2) is 4.90. The Labute approximate surface area is 129 Å². The summed E-state index contributed by atoms with van der Waals surface area (Å²) in [5, 5.41) is 9.63. The molecule has 1 atom stereocenters. The number of hydrogen-bond donors (Lipinski definition) is 2. The van der Waals surface area contributed by atoms with Crippen LogP contribution in [0.4, 0.5) is 11.4 Å². The molecule has 4 nitrogen and oxygen atoms in total. The van der Waals surface area contributed by atoms with Crippen molar-refractivity contribution in [2.75, 3.05) is 17.2 Å². The van der Waals surface area contributed by atoms with E-state index in [1.807, 2.05) is 6.92 Å². The van der Waals surface area contributed by atoms with E-state index < -0.39 is 5.66 Å². The summed E-state index contributed by atoms with van der Waals surface area (Å²) in [5.41, 5.74) is 1.78. The zero-order valence-corrected chi connectivity index (χ0v) is 12.7. The molecule has 1 saturated carbocycles. The third-order valence-electron chi connectivity index (χ3n) is 4.85. The van der Waals surface area contributed by atoms with Crippen LogP contribution < -0.4 is 10.6 Å². The Balaban J connectivity index is 1.78. The van der Waals surface area contributed by atoms with Gasteiger partial charge in [0.15, 0.2) is 0 Å². The van der Waals surface area contributed by atoms with E-state index in [4.69, 9.17) is 4.74 Å². The Morgan fingerprint density at radius 2 is 1.91 bits per heavy atom. The molecule has 0 radical (unpaired) electrons. The number of rotatable bonds is 2. The third-order valence-corrected chi connectivity index (χ3v) is 4.85. The summed E-state index contributed by atoms with van der Waals surface area (Å²) in [6.45, 7) is 2.29. The zero-order chi connectivity index (χ0) is 15.2. The minimum Gasteiger partial charge on any atom is -0.466 e. The molecule has 1 aliphatic heterocycles. The van der Waals surface area contributed by atoms with Crippen LogP contribution in [-0.4, -0.2) is 18.2 Å². The van der Waals surface area contributed by atoms with Gasteiger partial charge in [-0.15, -0.1) is 0 Å². The Hall–Kier alpha value is -2.23. The highest BCUT2D eigenvalue weighted by molar-refractivity contribution is 6.05. The van der Waals surface area contributed by atoms with Crippen molar-refractivity contribution in [3.05, 3.63) is 36.4 Å². The minimum atomic E-state index is -0.422. The zero-order valence-electron chi connectivity index (χ0n) is 12.7. The highest BCUT2D eigenvalue weighted by Crippen LogP contribution is 2.46. The first-order valence-electron chi connectivity index (χ1n) is 7.98. The molecule has 2 aliphatic rings. The molecular weight excluding hydrogens is 276 g/mol. The number of esters is 1. The SMILES string of the molecule is CCOC(=O)[C@@H]1CCCC12Nc1cccc3cccc(c13)N2. The van der Waals surface area contributed by atoms with Gasteiger partial charge in [-0.2, -0.15) is 0 Å². The fourth-order valence-corrected chi connectivity index (χ4v) is 3.93. The molecule has 2 aromatic rings. The third kappa shape index (κ3) is 1.86. The summed E-state index contributed by atoms with van der Waals surface area (Å²) in [6, 6.07) is 12.5. The summed E-state index contributed by atoms with van der Waals surface area (Å²) in [6.07, 6.45) is 2.79. The standard InChI is InChI=1S/C18H20N2O2/c1-2-22-17(21)13-8-5-11-18(13)19-14-9-3-6-12-7-4-10-15(20-18)16(12)14/h3-4,6-7,9-10,13,19-20H,2,5,8,11H2,1H3/t13-/m0/s1. The van der Waals surface area contributed by atoms with Crippen molar-refractivity contribution < 1.29 is 9.53 Å². The fourth-order valence-electron chi connectivity index (χ4n) is 3.93. The molecule has 0 aromatic heterocycles. The largest absolute Gasteiger partial charge is 0.466 e. The van der Waals surface area contributed by atoms with Gasteiger partial charge in [-0.05, 0) is 43.7 Å². The highest BCUT2D eigenvalue weighted by atomic mass is 16.5. The van der Waals surface area contributed by atoms with Crippen LogP contribution in [0, 0.1) is 5.92 Å². The first kappa shape index (κ1) is 13.4. The quantitative estimate of drug-likeness (QED) is 0.829. The number of carbonyl (C=O) groups is 1. The van der Waals surface area contributed by atoms with Crippen LogP contribution in [0.15, 0.2) is 36.4 Å². The van der Waals surface area contributed by atoms with Gasteiger partial charge in [-0.1, -0.05) is 24.3 Å². The van der Waals surface area contributed by atoms with Gasteiger partial charge in [0, 0.05) is 16.8 Å². The molecule has 114 valence electrons. The first-order chi connectivity index (χ1) is 10.7. The second-order valence-electron chi connectivity index (χ2n) is 6.13. The minimum absolute atomic E-state index is 0.105. The van der Waals surface area contributed by atoms with E-state index in [9.17, 15) is 4.79 Å². The van der Waals surface area contributed by atoms with Crippen molar-refractivity contribution in [1.29, 1.82) is 0 Å². The van der Waals surface area contributed by atoms with Crippen LogP contribution >= 0.6 is 0 Å². The highest BCUT2D eigenvalue weighted by Gasteiger charge is 2.49. The average Bonchev–Trinajstić information content (AvgIpc) is 2.90. The molecule has 0 amide bonds. The number of nitrogens with one attached hydrogen (secondary N) is 2. The van der Waals surface area contributed by atoms with E-state index in [-0.39, 0.29) is 11.9 Å². The lowest BCUT2D eigenvalue weighted by Crippen LogP contribution is -2.53. The van der Waals surface area contributed by atoms with Crippen LogP contribution in [0.3, 0.4) is 0 Å². The van der Waals surface area contributed by atoms with Gasteiger partial charge >= 0.3 is 5.97 Å². The van der Waals surface area contributed by atoms with Crippen molar-refractivity contribution in [3.63, 3.8) is 0 Å². The molecule has 1 aliphatic carbocycles. The molecule has 1 fully saturated rings.